The van der Waals surface area contributed by atoms with Crippen LogP contribution >= 0.6 is 35.0 Å². The van der Waals surface area contributed by atoms with E-state index >= 15 is 0 Å². The summed E-state index contributed by atoms with van der Waals surface area (Å²) in [5.74, 6) is -0.113. The van der Waals surface area contributed by atoms with Crippen molar-refractivity contribution in [2.75, 3.05) is 17.3 Å². The summed E-state index contributed by atoms with van der Waals surface area (Å²) < 4.78 is 5.32. The molecule has 1 atom stereocenters. The number of rotatable bonds is 7. The molecular weight excluding hydrogens is 541 g/mol. The summed E-state index contributed by atoms with van der Waals surface area (Å²) in [5, 5.41) is 13.4. The maximum absolute atomic E-state index is 13.8. The molecule has 0 aliphatic carbocycles. The molecule has 38 heavy (non-hydrogen) atoms. The number of hydrogen-bond donors (Lipinski definition) is 1. The molecule has 1 heterocycles. The van der Waals surface area contributed by atoms with Crippen molar-refractivity contribution in [3.05, 3.63) is 98.5 Å². The first kappa shape index (κ1) is 27.6. The van der Waals surface area contributed by atoms with E-state index in [-0.39, 0.29) is 16.5 Å². The minimum Gasteiger partial charge on any atom is -0.495 e. The fourth-order valence-electron chi connectivity index (χ4n) is 4.11. The standard InChI is InChI=1S/C29H25Cl2N3O3S/c1-17(2)19-8-10-22(11-9-19)34-28(36)26(14-18-12-20(30)15-21(31)13-18)38-29(34)23(16-32)27(35)33-24-6-4-5-7-25(24)37-3/h4-13,15,17,26H,14H2,1-3H3,(H,33,35)/b29-23-. The average molecular weight is 567 g/mol. The van der Waals surface area contributed by atoms with Gasteiger partial charge in [-0.15, -0.1) is 0 Å². The molecule has 1 saturated heterocycles. The molecular formula is C29H25Cl2N3O3S. The summed E-state index contributed by atoms with van der Waals surface area (Å²) in [4.78, 5) is 28.6. The van der Waals surface area contributed by atoms with Crippen LogP contribution < -0.4 is 15.0 Å². The molecule has 1 fully saturated rings. The van der Waals surface area contributed by atoms with E-state index in [9.17, 15) is 14.9 Å². The van der Waals surface area contributed by atoms with Gasteiger partial charge in [0.2, 0.25) is 5.91 Å². The third-order valence-corrected chi connectivity index (χ3v) is 7.72. The molecule has 4 rings (SSSR count). The highest BCUT2D eigenvalue weighted by Gasteiger charge is 2.41. The summed E-state index contributed by atoms with van der Waals surface area (Å²) in [6, 6.07) is 21.6. The van der Waals surface area contributed by atoms with Crippen LogP contribution in [-0.4, -0.2) is 24.2 Å². The molecule has 6 nitrogen and oxygen atoms in total. The van der Waals surface area contributed by atoms with Gasteiger partial charge in [-0.25, -0.2) is 0 Å². The molecule has 1 aliphatic rings. The average Bonchev–Trinajstić information content (AvgIpc) is 3.19. The molecule has 2 amide bonds. The predicted octanol–water partition coefficient (Wildman–Crippen LogP) is 7.19. The Morgan fingerprint density at radius 1 is 1.11 bits per heavy atom. The van der Waals surface area contributed by atoms with E-state index in [0.29, 0.717) is 39.5 Å². The number of carbonyl (C=O) groups is 2. The van der Waals surface area contributed by atoms with E-state index in [1.165, 1.54) is 23.8 Å². The van der Waals surface area contributed by atoms with E-state index in [0.717, 1.165) is 11.1 Å². The first-order valence-corrected chi connectivity index (χ1v) is 13.5. The monoisotopic (exact) mass is 565 g/mol. The molecule has 3 aromatic carbocycles. The van der Waals surface area contributed by atoms with Crippen LogP contribution in [-0.2, 0) is 16.0 Å². The minimum absolute atomic E-state index is 0.172. The summed E-state index contributed by atoms with van der Waals surface area (Å²) in [6.07, 6.45) is 0.320. The van der Waals surface area contributed by atoms with Gasteiger partial charge in [0.25, 0.3) is 5.91 Å². The zero-order valence-electron chi connectivity index (χ0n) is 21.0. The number of anilines is 2. The van der Waals surface area contributed by atoms with Crippen molar-refractivity contribution < 1.29 is 14.3 Å². The van der Waals surface area contributed by atoms with Crippen molar-refractivity contribution in [1.82, 2.24) is 0 Å². The maximum Gasteiger partial charge on any atom is 0.269 e. The molecule has 0 aromatic heterocycles. The Morgan fingerprint density at radius 2 is 1.76 bits per heavy atom. The van der Waals surface area contributed by atoms with Crippen LogP contribution in [0.15, 0.2) is 77.3 Å². The van der Waals surface area contributed by atoms with E-state index in [1.54, 1.807) is 42.5 Å². The number of halogens is 2. The molecule has 1 unspecified atom stereocenters. The molecule has 3 aromatic rings. The zero-order chi connectivity index (χ0) is 27.4. The second kappa shape index (κ2) is 12.0. The van der Waals surface area contributed by atoms with Crippen LogP contribution in [0.3, 0.4) is 0 Å². The number of nitrogens with one attached hydrogen (secondary N) is 1. The minimum atomic E-state index is -0.637. The molecule has 9 heteroatoms. The smallest absolute Gasteiger partial charge is 0.269 e. The lowest BCUT2D eigenvalue weighted by Crippen LogP contribution is -2.31. The lowest BCUT2D eigenvalue weighted by Gasteiger charge is -2.20. The van der Waals surface area contributed by atoms with Crippen molar-refractivity contribution in [3.63, 3.8) is 0 Å². The van der Waals surface area contributed by atoms with Gasteiger partial charge in [0.05, 0.1) is 18.0 Å². The van der Waals surface area contributed by atoms with Gasteiger partial charge in [-0.2, -0.15) is 5.26 Å². The maximum atomic E-state index is 13.8. The Morgan fingerprint density at radius 3 is 2.37 bits per heavy atom. The van der Waals surface area contributed by atoms with Crippen molar-refractivity contribution in [2.45, 2.75) is 31.4 Å². The fraction of sp³-hybridized carbons (Fsp3) is 0.207. The number of nitriles is 1. The number of methoxy groups -OCH3 is 1. The highest BCUT2D eigenvalue weighted by molar-refractivity contribution is 8.05. The number of carbonyl (C=O) groups excluding carboxylic acids is 2. The number of para-hydroxylation sites is 2. The highest BCUT2D eigenvalue weighted by Crippen LogP contribution is 2.42. The Balaban J connectivity index is 1.75. The van der Waals surface area contributed by atoms with Crippen LogP contribution in [0.5, 0.6) is 5.75 Å². The first-order chi connectivity index (χ1) is 18.2. The van der Waals surface area contributed by atoms with Crippen LogP contribution in [0.2, 0.25) is 10.0 Å². The molecule has 1 N–H and O–H groups in total. The quantitative estimate of drug-likeness (QED) is 0.242. The van der Waals surface area contributed by atoms with E-state index in [1.807, 2.05) is 30.3 Å². The first-order valence-electron chi connectivity index (χ1n) is 11.9. The van der Waals surface area contributed by atoms with Gasteiger partial charge in [-0.3, -0.25) is 14.5 Å². The van der Waals surface area contributed by atoms with E-state index in [2.05, 4.69) is 19.2 Å². The summed E-state index contributed by atoms with van der Waals surface area (Å²) in [5.41, 5.74) is 2.71. The van der Waals surface area contributed by atoms with Crippen LogP contribution in [0.4, 0.5) is 11.4 Å². The summed E-state index contributed by atoms with van der Waals surface area (Å²) >= 11 is 13.5. The lowest BCUT2D eigenvalue weighted by molar-refractivity contribution is -0.117. The van der Waals surface area contributed by atoms with E-state index < -0.39 is 11.2 Å². The van der Waals surface area contributed by atoms with Gasteiger partial charge in [0.15, 0.2) is 0 Å². The van der Waals surface area contributed by atoms with Gasteiger partial charge >= 0.3 is 0 Å². The van der Waals surface area contributed by atoms with Crippen LogP contribution in [0.25, 0.3) is 0 Å². The number of amides is 2. The van der Waals surface area contributed by atoms with Gasteiger partial charge in [0, 0.05) is 15.7 Å². The molecule has 0 bridgehead atoms. The zero-order valence-corrected chi connectivity index (χ0v) is 23.3. The second-order valence-corrected chi connectivity index (χ2v) is 11.0. The van der Waals surface area contributed by atoms with Crippen LogP contribution in [0.1, 0.15) is 30.9 Å². The topological polar surface area (TPSA) is 82.4 Å². The third-order valence-electron chi connectivity index (χ3n) is 6.02. The highest BCUT2D eigenvalue weighted by atomic mass is 35.5. The lowest BCUT2D eigenvalue weighted by atomic mass is 10.0. The van der Waals surface area contributed by atoms with Gasteiger partial charge < -0.3 is 10.1 Å². The van der Waals surface area contributed by atoms with Crippen molar-refractivity contribution in [1.29, 1.82) is 5.26 Å². The number of thioether (sulfide) groups is 1. The largest absolute Gasteiger partial charge is 0.495 e. The molecule has 194 valence electrons. The Kier molecular flexibility index (Phi) is 8.68. The second-order valence-electron chi connectivity index (χ2n) is 8.95. The summed E-state index contributed by atoms with van der Waals surface area (Å²) in [7, 11) is 1.50. The van der Waals surface area contributed by atoms with Crippen molar-refractivity contribution in [2.24, 2.45) is 0 Å². The molecule has 0 saturated carbocycles. The number of hydrogen-bond acceptors (Lipinski definition) is 5. The van der Waals surface area contributed by atoms with Crippen molar-refractivity contribution in [3.8, 4) is 11.8 Å². The normalized spacial score (nSPS) is 16.4. The number of ether oxygens (including phenoxy) is 1. The Hall–Kier alpha value is -3.44. The number of benzene rings is 3. The number of nitrogens with zero attached hydrogens (tertiary/aromatic N) is 2. The SMILES string of the molecule is COc1ccccc1NC(=O)/C(C#N)=C1\SC(Cc2cc(Cl)cc(Cl)c2)C(=O)N1c1ccc(C(C)C)cc1. The van der Waals surface area contributed by atoms with Crippen LogP contribution in [0, 0.1) is 11.3 Å². The van der Waals surface area contributed by atoms with E-state index in [4.69, 9.17) is 27.9 Å². The predicted molar refractivity (Wildman–Crippen MR) is 154 cm³/mol. The van der Waals surface area contributed by atoms with Gasteiger partial charge in [0.1, 0.15) is 22.4 Å². The molecule has 0 radical (unpaired) electrons. The van der Waals surface area contributed by atoms with Crippen molar-refractivity contribution >= 4 is 58.2 Å². The fourth-order valence-corrected chi connectivity index (χ4v) is 5.99. The molecule has 1 aliphatic heterocycles. The summed E-state index contributed by atoms with van der Waals surface area (Å²) in [6.45, 7) is 4.17. The Bertz CT molecular complexity index is 1430. The molecule has 0 spiro atoms. The Labute approximate surface area is 236 Å². The third kappa shape index (κ3) is 5.99. The van der Waals surface area contributed by atoms with Gasteiger partial charge in [-0.1, -0.05) is 73.1 Å². The van der Waals surface area contributed by atoms with Gasteiger partial charge in [-0.05, 0) is 65.9 Å².